The minimum Gasteiger partial charge on any atom is -0.465 e. The average molecular weight is 421 g/mol. The number of methoxy groups -OCH3 is 1. The molecule has 0 saturated heterocycles. The number of carbonyl (C=O) groups excluding carboxylic acids is 2. The summed E-state index contributed by atoms with van der Waals surface area (Å²) in [5.74, 6) is -0.845. The summed E-state index contributed by atoms with van der Waals surface area (Å²) in [6.07, 6.45) is 4.81. The fourth-order valence-corrected chi connectivity index (χ4v) is 2.72. The zero-order chi connectivity index (χ0) is 20.3. The number of esters is 1. The maximum Gasteiger partial charge on any atom is 0.340 e. The third kappa shape index (κ3) is 3.96. The van der Waals surface area contributed by atoms with Gasteiger partial charge in [-0.1, -0.05) is 23.2 Å². The Morgan fingerprint density at radius 1 is 1.21 bits per heavy atom. The van der Waals surface area contributed by atoms with Crippen molar-refractivity contribution in [3.8, 4) is 5.82 Å². The molecule has 9 nitrogen and oxygen atoms in total. The Kier molecular flexibility index (Phi) is 5.88. The highest BCUT2D eigenvalue weighted by atomic mass is 35.5. The number of aromatic nitrogens is 4. The van der Waals surface area contributed by atoms with Gasteiger partial charge in [0.2, 0.25) is 0 Å². The van der Waals surface area contributed by atoms with Gasteiger partial charge in [0.1, 0.15) is 6.33 Å². The smallest absolute Gasteiger partial charge is 0.340 e. The Bertz CT molecular complexity index is 1040. The number of carbonyl (C=O) groups is 2. The van der Waals surface area contributed by atoms with Crippen LogP contribution in [0, 0.1) is 0 Å². The van der Waals surface area contributed by atoms with Crippen LogP contribution < -0.4 is 11.1 Å². The molecule has 0 aliphatic carbocycles. The summed E-state index contributed by atoms with van der Waals surface area (Å²) < 4.78 is 6.34. The number of hydrogen-bond donors (Lipinski definition) is 2. The molecule has 0 atom stereocenters. The molecule has 0 radical (unpaired) electrons. The molecule has 3 N–H and O–H groups in total. The maximum atomic E-state index is 12.7. The fraction of sp³-hybridized carbons (Fsp3) is 0.118. The van der Waals surface area contributed by atoms with Crippen molar-refractivity contribution in [2.45, 2.75) is 6.54 Å². The predicted molar refractivity (Wildman–Crippen MR) is 103 cm³/mol. The number of nitrogens with zero attached hydrogens (tertiary/aromatic N) is 4. The first-order valence-corrected chi connectivity index (χ1v) is 8.64. The van der Waals surface area contributed by atoms with E-state index in [0.717, 1.165) is 0 Å². The molecule has 0 fully saturated rings. The van der Waals surface area contributed by atoms with Gasteiger partial charge in [0, 0.05) is 24.5 Å². The van der Waals surface area contributed by atoms with Gasteiger partial charge in [-0.15, -0.1) is 10.2 Å². The van der Waals surface area contributed by atoms with E-state index in [0.29, 0.717) is 11.4 Å². The molecule has 2 heterocycles. The van der Waals surface area contributed by atoms with E-state index in [2.05, 4.69) is 20.5 Å². The summed E-state index contributed by atoms with van der Waals surface area (Å²) in [4.78, 5) is 28.7. The molecule has 0 saturated carbocycles. The second kappa shape index (κ2) is 8.34. The van der Waals surface area contributed by atoms with Crippen LogP contribution in [-0.2, 0) is 11.3 Å². The van der Waals surface area contributed by atoms with E-state index in [9.17, 15) is 9.59 Å². The van der Waals surface area contributed by atoms with E-state index in [1.165, 1.54) is 19.2 Å². The van der Waals surface area contributed by atoms with Crippen molar-refractivity contribution < 1.29 is 14.3 Å². The Morgan fingerprint density at radius 2 is 1.96 bits per heavy atom. The number of nitrogens with two attached hydrogens (primary N) is 1. The molecule has 144 valence electrons. The van der Waals surface area contributed by atoms with Gasteiger partial charge in [0.15, 0.2) is 11.5 Å². The van der Waals surface area contributed by atoms with Crippen LogP contribution in [0.1, 0.15) is 26.4 Å². The van der Waals surface area contributed by atoms with Gasteiger partial charge in [0.25, 0.3) is 5.91 Å². The monoisotopic (exact) mass is 420 g/mol. The van der Waals surface area contributed by atoms with E-state index in [-0.39, 0.29) is 33.5 Å². The van der Waals surface area contributed by atoms with Gasteiger partial charge < -0.3 is 15.8 Å². The first kappa shape index (κ1) is 19.7. The Labute approximate surface area is 169 Å². The largest absolute Gasteiger partial charge is 0.465 e. The number of rotatable bonds is 5. The Balaban J connectivity index is 1.95. The molecular weight excluding hydrogens is 407 g/mol. The van der Waals surface area contributed by atoms with Crippen LogP contribution >= 0.6 is 23.2 Å². The molecule has 0 spiro atoms. The second-order valence-corrected chi connectivity index (χ2v) is 6.32. The Hall–Kier alpha value is -3.01. The number of ether oxygens (including phenoxy) is 1. The molecule has 0 aliphatic rings. The third-order valence-corrected chi connectivity index (χ3v) is 4.50. The van der Waals surface area contributed by atoms with Crippen molar-refractivity contribution >= 4 is 40.8 Å². The predicted octanol–water partition coefficient (Wildman–Crippen LogP) is 2.47. The molecule has 2 aromatic heterocycles. The lowest BCUT2D eigenvalue weighted by molar-refractivity contribution is 0.0602. The topological polar surface area (TPSA) is 125 Å². The van der Waals surface area contributed by atoms with Gasteiger partial charge >= 0.3 is 5.97 Å². The summed E-state index contributed by atoms with van der Waals surface area (Å²) in [6.45, 7) is 0.0468. The van der Waals surface area contributed by atoms with Gasteiger partial charge in [-0.05, 0) is 18.2 Å². The number of benzene rings is 1. The van der Waals surface area contributed by atoms with E-state index < -0.39 is 11.9 Å². The highest BCUT2D eigenvalue weighted by molar-refractivity contribution is 6.42. The number of amides is 1. The standard InChI is InChI=1S/C17H14Cl2N6O3/c1-28-17(27)10-5-11(18)12(19)6-13(10)22-16(26)15-9(7-20)4-14(23-24-15)25-3-2-21-8-25/h2-6,8H,7,20H2,1H3,(H,22,26). The summed E-state index contributed by atoms with van der Waals surface area (Å²) in [7, 11) is 1.21. The molecule has 0 bridgehead atoms. The molecule has 1 aromatic carbocycles. The molecule has 0 aliphatic heterocycles. The number of nitrogens with one attached hydrogen (secondary N) is 1. The molecule has 11 heteroatoms. The number of hydrogen-bond acceptors (Lipinski definition) is 7. The van der Waals surface area contributed by atoms with E-state index >= 15 is 0 Å². The number of imidazole rings is 1. The first-order chi connectivity index (χ1) is 13.4. The van der Waals surface area contributed by atoms with E-state index in [4.69, 9.17) is 33.7 Å². The summed E-state index contributed by atoms with van der Waals surface area (Å²) >= 11 is 12.0. The average Bonchev–Trinajstić information content (AvgIpc) is 3.24. The van der Waals surface area contributed by atoms with Crippen molar-refractivity contribution in [3.05, 3.63) is 63.8 Å². The molecule has 3 rings (SSSR count). The van der Waals surface area contributed by atoms with Crippen LogP contribution in [0.4, 0.5) is 5.69 Å². The molecular formula is C17H14Cl2N6O3. The highest BCUT2D eigenvalue weighted by Gasteiger charge is 2.20. The van der Waals surface area contributed by atoms with Crippen molar-refractivity contribution in [2.75, 3.05) is 12.4 Å². The lowest BCUT2D eigenvalue weighted by Gasteiger charge is -2.13. The van der Waals surface area contributed by atoms with Crippen LogP contribution in [-0.4, -0.2) is 38.7 Å². The van der Waals surface area contributed by atoms with Gasteiger partial charge in [-0.25, -0.2) is 9.78 Å². The second-order valence-electron chi connectivity index (χ2n) is 5.51. The van der Waals surface area contributed by atoms with Crippen LogP contribution in [0.5, 0.6) is 0 Å². The molecule has 1 amide bonds. The van der Waals surface area contributed by atoms with Crippen LogP contribution in [0.3, 0.4) is 0 Å². The van der Waals surface area contributed by atoms with Crippen molar-refractivity contribution in [2.24, 2.45) is 5.73 Å². The van der Waals surface area contributed by atoms with E-state index in [1.807, 2.05) is 0 Å². The summed E-state index contributed by atoms with van der Waals surface area (Å²) in [6, 6.07) is 4.28. The highest BCUT2D eigenvalue weighted by Crippen LogP contribution is 2.30. The van der Waals surface area contributed by atoms with Crippen molar-refractivity contribution in [1.29, 1.82) is 0 Å². The van der Waals surface area contributed by atoms with Gasteiger partial charge in [-0.3, -0.25) is 9.36 Å². The lowest BCUT2D eigenvalue weighted by atomic mass is 10.1. The van der Waals surface area contributed by atoms with Crippen molar-refractivity contribution in [3.63, 3.8) is 0 Å². The summed E-state index contributed by atoms with van der Waals surface area (Å²) in [5, 5.41) is 10.9. The zero-order valence-corrected chi connectivity index (χ0v) is 16.0. The van der Waals surface area contributed by atoms with Gasteiger partial charge in [-0.2, -0.15) is 0 Å². The van der Waals surface area contributed by atoms with Crippen LogP contribution in [0.2, 0.25) is 10.0 Å². The van der Waals surface area contributed by atoms with Crippen molar-refractivity contribution in [1.82, 2.24) is 19.7 Å². The minimum atomic E-state index is -0.686. The lowest BCUT2D eigenvalue weighted by Crippen LogP contribution is -2.21. The Morgan fingerprint density at radius 3 is 2.61 bits per heavy atom. The first-order valence-electron chi connectivity index (χ1n) is 7.88. The SMILES string of the molecule is COC(=O)c1cc(Cl)c(Cl)cc1NC(=O)c1nnc(-n2ccnc2)cc1CN. The molecule has 28 heavy (non-hydrogen) atoms. The normalized spacial score (nSPS) is 10.6. The maximum absolute atomic E-state index is 12.7. The van der Waals surface area contributed by atoms with E-state index in [1.54, 1.807) is 29.4 Å². The summed E-state index contributed by atoms with van der Waals surface area (Å²) in [5.41, 5.74) is 6.39. The number of halogens is 2. The third-order valence-electron chi connectivity index (χ3n) is 3.78. The quantitative estimate of drug-likeness (QED) is 0.607. The van der Waals surface area contributed by atoms with Crippen LogP contribution in [0.15, 0.2) is 36.9 Å². The molecule has 3 aromatic rings. The van der Waals surface area contributed by atoms with Crippen LogP contribution in [0.25, 0.3) is 5.82 Å². The zero-order valence-electron chi connectivity index (χ0n) is 14.5. The number of anilines is 1. The molecule has 0 unspecified atom stereocenters. The fourth-order valence-electron chi connectivity index (χ4n) is 2.40. The minimum absolute atomic E-state index is 0.00764. The van der Waals surface area contributed by atoms with Gasteiger partial charge in [0.05, 0.1) is 28.4 Å².